The topological polar surface area (TPSA) is 75.3 Å². The van der Waals surface area contributed by atoms with Crippen molar-refractivity contribution in [3.05, 3.63) is 45.7 Å². The molecule has 20 heavy (non-hydrogen) atoms. The van der Waals surface area contributed by atoms with Crippen molar-refractivity contribution in [1.82, 2.24) is 9.78 Å². The van der Waals surface area contributed by atoms with Gasteiger partial charge in [0.15, 0.2) is 5.69 Å². The molecule has 0 bridgehead atoms. The molecule has 2 aromatic rings. The number of carbonyl (C=O) groups is 1. The lowest BCUT2D eigenvalue weighted by Gasteiger charge is -2.04. The van der Waals surface area contributed by atoms with E-state index in [0.29, 0.717) is 34.1 Å². The van der Waals surface area contributed by atoms with Gasteiger partial charge in [-0.3, -0.25) is 0 Å². The van der Waals surface area contributed by atoms with E-state index in [2.05, 4.69) is 5.10 Å². The van der Waals surface area contributed by atoms with Gasteiger partial charge < -0.3 is 10.2 Å². The Morgan fingerprint density at radius 3 is 2.75 bits per heavy atom. The number of carboxylic acids is 1. The fourth-order valence-electron chi connectivity index (χ4n) is 1.83. The smallest absolute Gasteiger partial charge is 0.356 e. The average Bonchev–Trinajstić information content (AvgIpc) is 2.83. The van der Waals surface area contributed by atoms with Crippen molar-refractivity contribution in [2.75, 3.05) is 6.61 Å². The largest absolute Gasteiger partial charge is 0.476 e. The van der Waals surface area contributed by atoms with Crippen LogP contribution in [-0.2, 0) is 6.42 Å². The normalized spacial score (nSPS) is 10.8. The molecule has 1 aromatic heterocycles. The average molecular weight is 315 g/mol. The number of aromatic carboxylic acids is 1. The third-order valence-corrected chi connectivity index (χ3v) is 3.31. The Morgan fingerprint density at radius 1 is 1.35 bits per heavy atom. The van der Waals surface area contributed by atoms with Crippen LogP contribution in [0.15, 0.2) is 24.4 Å². The molecule has 2 N–H and O–H groups in total. The Labute approximate surface area is 125 Å². The molecule has 0 spiro atoms. The molecule has 0 fully saturated rings. The van der Waals surface area contributed by atoms with Crippen LogP contribution in [0.4, 0.5) is 0 Å². The van der Waals surface area contributed by atoms with Crippen molar-refractivity contribution < 1.29 is 15.0 Å². The minimum atomic E-state index is -1.12. The van der Waals surface area contributed by atoms with Crippen LogP contribution < -0.4 is 0 Å². The highest BCUT2D eigenvalue weighted by molar-refractivity contribution is 6.34. The summed E-state index contributed by atoms with van der Waals surface area (Å²) in [5, 5.41) is 22.9. The van der Waals surface area contributed by atoms with Crippen molar-refractivity contribution in [3.8, 4) is 5.69 Å². The first-order chi connectivity index (χ1) is 9.52. The van der Waals surface area contributed by atoms with Crippen molar-refractivity contribution >= 4 is 29.2 Å². The van der Waals surface area contributed by atoms with Crippen molar-refractivity contribution in [2.45, 2.75) is 12.8 Å². The fraction of sp³-hybridized carbons (Fsp3) is 0.231. The molecule has 0 amide bonds. The lowest BCUT2D eigenvalue weighted by atomic mass is 10.1. The molecule has 0 unspecified atom stereocenters. The number of rotatable bonds is 5. The number of aryl methyl sites for hydroxylation is 1. The highest BCUT2D eigenvalue weighted by Crippen LogP contribution is 2.25. The molecule has 0 aliphatic carbocycles. The Bertz CT molecular complexity index is 641. The number of benzene rings is 1. The summed E-state index contributed by atoms with van der Waals surface area (Å²) in [6.45, 7) is -0.0117. The van der Waals surface area contributed by atoms with Gasteiger partial charge in [0.25, 0.3) is 0 Å². The number of nitrogens with zero attached hydrogens (tertiary/aromatic N) is 2. The van der Waals surface area contributed by atoms with E-state index in [9.17, 15) is 4.79 Å². The molecule has 0 saturated heterocycles. The molecule has 5 nitrogen and oxygen atoms in total. The molecule has 0 aliphatic rings. The lowest BCUT2D eigenvalue weighted by Crippen LogP contribution is -2.03. The summed E-state index contributed by atoms with van der Waals surface area (Å²) in [6.07, 6.45) is 2.49. The fourth-order valence-corrected chi connectivity index (χ4v) is 2.20. The number of aliphatic hydroxyl groups is 1. The van der Waals surface area contributed by atoms with E-state index >= 15 is 0 Å². The molecule has 0 radical (unpaired) electrons. The lowest BCUT2D eigenvalue weighted by molar-refractivity contribution is 0.0688. The SMILES string of the molecule is O=C(O)c1nn(-c2cc(Cl)ccc2Cl)cc1CCCO. The minimum Gasteiger partial charge on any atom is -0.476 e. The van der Waals surface area contributed by atoms with Crippen LogP contribution in [0.5, 0.6) is 0 Å². The van der Waals surface area contributed by atoms with Crippen LogP contribution in [-0.4, -0.2) is 32.6 Å². The number of hydrogen-bond acceptors (Lipinski definition) is 3. The number of aromatic nitrogens is 2. The second-order valence-electron chi connectivity index (χ2n) is 4.18. The van der Waals surface area contributed by atoms with E-state index in [-0.39, 0.29) is 12.3 Å². The Kier molecular flexibility index (Phi) is 4.65. The van der Waals surface area contributed by atoms with Crippen molar-refractivity contribution in [1.29, 1.82) is 0 Å². The maximum Gasteiger partial charge on any atom is 0.356 e. The van der Waals surface area contributed by atoms with Crippen LogP contribution in [0.25, 0.3) is 5.69 Å². The second kappa shape index (κ2) is 6.26. The Morgan fingerprint density at radius 2 is 2.10 bits per heavy atom. The Balaban J connectivity index is 2.47. The van der Waals surface area contributed by atoms with Gasteiger partial charge in [-0.1, -0.05) is 23.2 Å². The quantitative estimate of drug-likeness (QED) is 0.889. The maximum atomic E-state index is 11.2. The van der Waals surface area contributed by atoms with E-state index in [4.69, 9.17) is 33.4 Å². The first-order valence-electron chi connectivity index (χ1n) is 5.91. The van der Waals surface area contributed by atoms with Crippen LogP contribution in [0.3, 0.4) is 0 Å². The van der Waals surface area contributed by atoms with Gasteiger partial charge in [-0.15, -0.1) is 0 Å². The van der Waals surface area contributed by atoms with Crippen molar-refractivity contribution in [2.24, 2.45) is 0 Å². The second-order valence-corrected chi connectivity index (χ2v) is 5.02. The Hall–Kier alpha value is -1.56. The molecule has 0 saturated carbocycles. The van der Waals surface area contributed by atoms with Crippen LogP contribution in [0, 0.1) is 0 Å². The standard InChI is InChI=1S/C13H12Cl2N2O3/c14-9-3-4-10(15)11(6-9)17-7-8(2-1-5-18)12(16-17)13(19)20/h3-4,6-7,18H,1-2,5H2,(H,19,20). The monoisotopic (exact) mass is 314 g/mol. The summed E-state index contributed by atoms with van der Waals surface area (Å²) in [5.41, 5.74) is 1.01. The summed E-state index contributed by atoms with van der Waals surface area (Å²) < 4.78 is 1.39. The first-order valence-corrected chi connectivity index (χ1v) is 6.66. The molecular formula is C13H12Cl2N2O3. The molecule has 7 heteroatoms. The van der Waals surface area contributed by atoms with Gasteiger partial charge in [-0.05, 0) is 31.0 Å². The highest BCUT2D eigenvalue weighted by atomic mass is 35.5. The summed E-state index contributed by atoms with van der Waals surface area (Å²) in [6, 6.07) is 4.87. The van der Waals surface area contributed by atoms with E-state index in [1.807, 2.05) is 0 Å². The number of aliphatic hydroxyl groups excluding tert-OH is 1. The number of halogens is 2. The molecule has 0 aliphatic heterocycles. The summed E-state index contributed by atoms with van der Waals surface area (Å²) in [4.78, 5) is 11.2. The highest BCUT2D eigenvalue weighted by Gasteiger charge is 2.17. The first kappa shape index (κ1) is 14.8. The molecule has 1 heterocycles. The number of carboxylic acid groups (broad SMARTS) is 1. The van der Waals surface area contributed by atoms with Crippen LogP contribution in [0.2, 0.25) is 10.0 Å². The molecule has 2 rings (SSSR count). The van der Waals surface area contributed by atoms with Gasteiger partial charge in [0.05, 0.1) is 10.7 Å². The van der Waals surface area contributed by atoms with E-state index in [0.717, 1.165) is 0 Å². The molecule has 106 valence electrons. The summed E-state index contributed by atoms with van der Waals surface area (Å²) >= 11 is 12.0. The third kappa shape index (κ3) is 3.12. The van der Waals surface area contributed by atoms with Gasteiger partial charge in [-0.2, -0.15) is 5.10 Å². The van der Waals surface area contributed by atoms with E-state index < -0.39 is 5.97 Å². The zero-order valence-corrected chi connectivity index (χ0v) is 11.9. The van der Waals surface area contributed by atoms with E-state index in [1.165, 1.54) is 4.68 Å². The predicted molar refractivity (Wildman–Crippen MR) is 76.0 cm³/mol. The molecular weight excluding hydrogens is 303 g/mol. The van der Waals surface area contributed by atoms with Gasteiger partial charge in [-0.25, -0.2) is 9.48 Å². The minimum absolute atomic E-state index is 0.0117. The zero-order chi connectivity index (χ0) is 14.7. The molecule has 1 aromatic carbocycles. The summed E-state index contributed by atoms with van der Waals surface area (Å²) in [5.74, 6) is -1.12. The zero-order valence-electron chi connectivity index (χ0n) is 10.4. The third-order valence-electron chi connectivity index (χ3n) is 2.75. The van der Waals surface area contributed by atoms with Gasteiger partial charge in [0, 0.05) is 23.4 Å². The maximum absolute atomic E-state index is 11.2. The van der Waals surface area contributed by atoms with Gasteiger partial charge >= 0.3 is 5.97 Å². The van der Waals surface area contributed by atoms with Gasteiger partial charge in [0.2, 0.25) is 0 Å². The molecule has 0 atom stereocenters. The van der Waals surface area contributed by atoms with Crippen LogP contribution >= 0.6 is 23.2 Å². The van der Waals surface area contributed by atoms with Crippen LogP contribution in [0.1, 0.15) is 22.5 Å². The van der Waals surface area contributed by atoms with E-state index in [1.54, 1.807) is 24.4 Å². The number of hydrogen-bond donors (Lipinski definition) is 2. The predicted octanol–water partition coefficient (Wildman–Crippen LogP) is 2.80. The van der Waals surface area contributed by atoms with Crippen molar-refractivity contribution in [3.63, 3.8) is 0 Å². The summed E-state index contributed by atoms with van der Waals surface area (Å²) in [7, 11) is 0. The van der Waals surface area contributed by atoms with Gasteiger partial charge in [0.1, 0.15) is 0 Å².